The van der Waals surface area contributed by atoms with E-state index in [-0.39, 0.29) is 5.15 Å². The number of pyridine rings is 1. The lowest BCUT2D eigenvalue weighted by atomic mass is 9.91. The summed E-state index contributed by atoms with van der Waals surface area (Å²) in [7, 11) is 2.03. The highest BCUT2D eigenvalue weighted by Crippen LogP contribution is 2.30. The molecule has 0 spiro atoms. The van der Waals surface area contributed by atoms with Crippen LogP contribution in [0.25, 0.3) is 0 Å². The zero-order valence-electron chi connectivity index (χ0n) is 10.7. The summed E-state index contributed by atoms with van der Waals surface area (Å²) in [5.74, 6) is 0.387. The molecule has 0 radical (unpaired) electrons. The minimum Gasteiger partial charge on any atom is -0.306 e. The molecule has 1 saturated heterocycles. The molecule has 2 rings (SSSR count). The van der Waals surface area contributed by atoms with Gasteiger partial charge in [0.1, 0.15) is 10.8 Å². The van der Waals surface area contributed by atoms with Crippen molar-refractivity contribution in [3.05, 3.63) is 28.5 Å². The van der Waals surface area contributed by atoms with Gasteiger partial charge >= 0.3 is 6.18 Å². The molecular formula is C13H16ClF3N2. The van der Waals surface area contributed by atoms with Gasteiger partial charge in [0.25, 0.3) is 0 Å². The summed E-state index contributed by atoms with van der Waals surface area (Å²) < 4.78 is 38.0. The molecule has 0 bridgehead atoms. The molecule has 2 heterocycles. The van der Waals surface area contributed by atoms with Crippen molar-refractivity contribution < 1.29 is 13.2 Å². The van der Waals surface area contributed by atoms with Crippen molar-refractivity contribution in [3.63, 3.8) is 0 Å². The third-order valence-corrected chi connectivity index (χ3v) is 3.58. The summed E-state index contributed by atoms with van der Waals surface area (Å²) in [6.07, 6.45) is -1.68. The van der Waals surface area contributed by atoms with Crippen LogP contribution in [0.15, 0.2) is 12.1 Å². The van der Waals surface area contributed by atoms with E-state index in [1.807, 2.05) is 7.05 Å². The van der Waals surface area contributed by atoms with Crippen molar-refractivity contribution in [1.29, 1.82) is 0 Å². The molecule has 2 nitrogen and oxygen atoms in total. The monoisotopic (exact) mass is 292 g/mol. The minimum atomic E-state index is -4.44. The number of alkyl halides is 3. The molecule has 19 heavy (non-hydrogen) atoms. The first kappa shape index (κ1) is 14.6. The van der Waals surface area contributed by atoms with Gasteiger partial charge in [-0.15, -0.1) is 0 Å². The molecule has 1 aliphatic rings. The average Bonchev–Trinajstić information content (AvgIpc) is 2.26. The van der Waals surface area contributed by atoms with Crippen LogP contribution < -0.4 is 0 Å². The Balaban J connectivity index is 2.14. The lowest BCUT2D eigenvalue weighted by molar-refractivity contribution is -0.141. The van der Waals surface area contributed by atoms with Crippen molar-refractivity contribution in [2.24, 2.45) is 5.92 Å². The third-order valence-electron chi connectivity index (χ3n) is 3.39. The van der Waals surface area contributed by atoms with Crippen LogP contribution in [0.2, 0.25) is 5.15 Å². The van der Waals surface area contributed by atoms with E-state index in [0.29, 0.717) is 17.9 Å². The fraction of sp³-hybridized carbons (Fsp3) is 0.615. The van der Waals surface area contributed by atoms with E-state index >= 15 is 0 Å². The first-order chi connectivity index (χ1) is 8.84. The van der Waals surface area contributed by atoms with Crippen LogP contribution in [-0.4, -0.2) is 30.0 Å². The van der Waals surface area contributed by atoms with Crippen LogP contribution >= 0.6 is 11.6 Å². The zero-order chi connectivity index (χ0) is 14.0. The molecule has 0 amide bonds. The molecule has 1 unspecified atom stereocenters. The van der Waals surface area contributed by atoms with Gasteiger partial charge in [-0.2, -0.15) is 13.2 Å². The number of rotatable bonds is 2. The number of hydrogen-bond acceptors (Lipinski definition) is 2. The van der Waals surface area contributed by atoms with Crippen LogP contribution in [0.5, 0.6) is 0 Å². The van der Waals surface area contributed by atoms with Crippen LogP contribution in [-0.2, 0) is 12.6 Å². The molecule has 1 aliphatic heterocycles. The molecule has 106 valence electrons. The second kappa shape index (κ2) is 5.67. The SMILES string of the molecule is CN1CCCC(Cc2cc(Cl)nc(C(F)(F)F)c2)C1. The average molecular weight is 293 g/mol. The Morgan fingerprint density at radius 2 is 2.16 bits per heavy atom. The predicted octanol–water partition coefficient (Wildman–Crippen LogP) is 3.64. The Bertz CT molecular complexity index is 448. The highest BCUT2D eigenvalue weighted by atomic mass is 35.5. The first-order valence-corrected chi connectivity index (χ1v) is 6.64. The van der Waals surface area contributed by atoms with Gasteiger partial charge in [-0.25, -0.2) is 4.98 Å². The summed E-state index contributed by atoms with van der Waals surface area (Å²) >= 11 is 5.68. The molecule has 0 aromatic carbocycles. The van der Waals surface area contributed by atoms with Gasteiger partial charge in [-0.05, 0) is 56.5 Å². The van der Waals surface area contributed by atoms with Crippen LogP contribution in [0.1, 0.15) is 24.1 Å². The minimum absolute atomic E-state index is 0.0889. The number of nitrogens with zero attached hydrogens (tertiary/aromatic N) is 2. The van der Waals surface area contributed by atoms with Crippen molar-refractivity contribution in [1.82, 2.24) is 9.88 Å². The largest absolute Gasteiger partial charge is 0.433 e. The summed E-state index contributed by atoms with van der Waals surface area (Å²) in [5, 5.41) is -0.0889. The highest BCUT2D eigenvalue weighted by molar-refractivity contribution is 6.29. The Morgan fingerprint density at radius 3 is 2.79 bits per heavy atom. The van der Waals surface area contributed by atoms with Gasteiger partial charge in [0.2, 0.25) is 0 Å². The van der Waals surface area contributed by atoms with Gasteiger partial charge in [-0.3, -0.25) is 0 Å². The Morgan fingerprint density at radius 1 is 1.42 bits per heavy atom. The molecule has 1 aromatic heterocycles. The molecule has 0 N–H and O–H groups in total. The fourth-order valence-corrected chi connectivity index (χ4v) is 2.82. The fourth-order valence-electron chi connectivity index (χ4n) is 2.59. The van der Waals surface area contributed by atoms with E-state index in [9.17, 15) is 13.2 Å². The molecule has 1 atom stereocenters. The first-order valence-electron chi connectivity index (χ1n) is 6.27. The number of likely N-dealkylation sites (tertiary alicyclic amines) is 1. The molecule has 6 heteroatoms. The molecular weight excluding hydrogens is 277 g/mol. The number of aromatic nitrogens is 1. The molecule has 0 aliphatic carbocycles. The van der Waals surface area contributed by atoms with E-state index < -0.39 is 11.9 Å². The Hall–Kier alpha value is -0.810. The summed E-state index contributed by atoms with van der Waals surface area (Å²) in [6.45, 7) is 1.97. The van der Waals surface area contributed by atoms with Gasteiger partial charge in [0, 0.05) is 6.54 Å². The standard InChI is InChI=1S/C13H16ClF3N2/c1-19-4-2-3-9(8-19)5-10-6-11(13(15,16)17)18-12(14)7-10/h6-7,9H,2-5,8H2,1H3. The maximum Gasteiger partial charge on any atom is 0.433 e. The maximum absolute atomic E-state index is 12.7. The van der Waals surface area contributed by atoms with Gasteiger partial charge < -0.3 is 4.90 Å². The van der Waals surface area contributed by atoms with Crippen molar-refractivity contribution in [3.8, 4) is 0 Å². The Labute approximate surface area is 115 Å². The van der Waals surface area contributed by atoms with E-state index in [4.69, 9.17) is 11.6 Å². The van der Waals surface area contributed by atoms with E-state index in [1.54, 1.807) is 0 Å². The van der Waals surface area contributed by atoms with Gasteiger partial charge in [0.05, 0.1) is 0 Å². The second-order valence-electron chi connectivity index (χ2n) is 5.16. The van der Waals surface area contributed by atoms with Crippen molar-refractivity contribution in [2.45, 2.75) is 25.4 Å². The lowest BCUT2D eigenvalue weighted by Crippen LogP contribution is -2.33. The van der Waals surface area contributed by atoms with Crippen LogP contribution in [0.4, 0.5) is 13.2 Å². The van der Waals surface area contributed by atoms with E-state index in [0.717, 1.165) is 32.0 Å². The van der Waals surface area contributed by atoms with E-state index in [1.165, 1.54) is 6.07 Å². The van der Waals surface area contributed by atoms with Gasteiger partial charge in [0.15, 0.2) is 0 Å². The second-order valence-corrected chi connectivity index (χ2v) is 5.54. The van der Waals surface area contributed by atoms with Crippen molar-refractivity contribution >= 4 is 11.6 Å². The number of hydrogen-bond donors (Lipinski definition) is 0. The normalized spacial score (nSPS) is 21.6. The highest BCUT2D eigenvalue weighted by Gasteiger charge is 2.33. The molecule has 1 aromatic rings. The number of halogens is 4. The predicted molar refractivity (Wildman–Crippen MR) is 68.2 cm³/mol. The Kier molecular flexibility index (Phi) is 4.36. The summed E-state index contributed by atoms with van der Waals surface area (Å²) in [4.78, 5) is 5.55. The third kappa shape index (κ3) is 4.08. The maximum atomic E-state index is 12.7. The van der Waals surface area contributed by atoms with Crippen LogP contribution in [0, 0.1) is 5.92 Å². The van der Waals surface area contributed by atoms with Crippen molar-refractivity contribution in [2.75, 3.05) is 20.1 Å². The smallest absolute Gasteiger partial charge is 0.306 e. The number of piperidine rings is 1. The zero-order valence-corrected chi connectivity index (χ0v) is 11.4. The lowest BCUT2D eigenvalue weighted by Gasteiger charge is -2.29. The molecule has 1 fully saturated rings. The quantitative estimate of drug-likeness (QED) is 0.774. The topological polar surface area (TPSA) is 16.1 Å². The van der Waals surface area contributed by atoms with Gasteiger partial charge in [-0.1, -0.05) is 11.6 Å². The summed E-state index contributed by atoms with van der Waals surface area (Å²) in [5.41, 5.74) is -0.285. The van der Waals surface area contributed by atoms with Crippen LogP contribution in [0.3, 0.4) is 0 Å². The van der Waals surface area contributed by atoms with E-state index in [2.05, 4.69) is 9.88 Å². The molecule has 0 saturated carbocycles. The summed E-state index contributed by atoms with van der Waals surface area (Å²) in [6, 6.07) is 2.64.